The molecule has 1 aromatic heterocycles. The molecule has 0 amide bonds. The number of thioether (sulfide) groups is 1. The van der Waals surface area contributed by atoms with Gasteiger partial charge in [-0.25, -0.2) is 9.78 Å². The van der Waals surface area contributed by atoms with Crippen LogP contribution in [0.25, 0.3) is 0 Å². The van der Waals surface area contributed by atoms with Crippen molar-refractivity contribution in [2.45, 2.75) is 5.03 Å². The van der Waals surface area contributed by atoms with Crippen molar-refractivity contribution in [2.24, 2.45) is 0 Å². The number of rotatable bonds is 4. The van der Waals surface area contributed by atoms with Crippen LogP contribution >= 0.6 is 27.7 Å². The molecule has 1 N–H and O–H groups in total. The maximum atomic E-state index is 10.2. The van der Waals surface area contributed by atoms with E-state index in [-0.39, 0.29) is 0 Å². The molecule has 0 spiro atoms. The Labute approximate surface area is 94.4 Å². The Hall–Kier alpha value is -0.810. The van der Waals surface area contributed by atoms with Crippen molar-refractivity contribution >= 4 is 33.7 Å². The number of hydrogen-bond acceptors (Lipinski definition) is 3. The van der Waals surface area contributed by atoms with Gasteiger partial charge in [0.25, 0.3) is 0 Å². The van der Waals surface area contributed by atoms with E-state index in [4.69, 9.17) is 5.11 Å². The zero-order valence-corrected chi connectivity index (χ0v) is 9.59. The van der Waals surface area contributed by atoms with Crippen LogP contribution in [0.15, 0.2) is 40.0 Å². The Morgan fingerprint density at radius 1 is 1.71 bits per heavy atom. The van der Waals surface area contributed by atoms with Gasteiger partial charge in [-0.1, -0.05) is 6.08 Å². The molecule has 3 nitrogen and oxygen atoms in total. The number of nitrogens with zero attached hydrogens (tertiary/aromatic N) is 1. The highest BCUT2D eigenvalue weighted by molar-refractivity contribution is 9.10. The van der Waals surface area contributed by atoms with Gasteiger partial charge in [-0.3, -0.25) is 0 Å². The Balaban J connectivity index is 2.46. The molecule has 0 aliphatic rings. The Kier molecular flexibility index (Phi) is 4.69. The highest BCUT2D eigenvalue weighted by Gasteiger charge is 1.98. The first-order valence-corrected chi connectivity index (χ1v) is 5.61. The normalized spacial score (nSPS) is 10.6. The number of hydrogen-bond donors (Lipinski definition) is 1. The van der Waals surface area contributed by atoms with E-state index in [1.165, 1.54) is 11.8 Å². The summed E-state index contributed by atoms with van der Waals surface area (Å²) in [6, 6.07) is 3.73. The van der Waals surface area contributed by atoms with E-state index < -0.39 is 5.97 Å². The molecule has 5 heteroatoms. The molecule has 0 unspecified atom stereocenters. The van der Waals surface area contributed by atoms with Gasteiger partial charge in [0.1, 0.15) is 5.03 Å². The second kappa shape index (κ2) is 5.82. The molecular weight excluding hydrogens is 266 g/mol. The first kappa shape index (κ1) is 11.3. The lowest BCUT2D eigenvalue weighted by Crippen LogP contribution is -1.87. The average molecular weight is 274 g/mol. The van der Waals surface area contributed by atoms with Gasteiger partial charge in [0.15, 0.2) is 0 Å². The van der Waals surface area contributed by atoms with Crippen LogP contribution in [-0.4, -0.2) is 21.8 Å². The SMILES string of the molecule is O=C(O)/C=C/CSc1ncccc1Br. The quantitative estimate of drug-likeness (QED) is 0.677. The summed E-state index contributed by atoms with van der Waals surface area (Å²) >= 11 is 4.83. The second-order valence-corrected chi connectivity index (χ2v) is 4.21. The van der Waals surface area contributed by atoms with Crippen LogP contribution in [0.2, 0.25) is 0 Å². The summed E-state index contributed by atoms with van der Waals surface area (Å²) in [7, 11) is 0. The molecular formula is C9H8BrNO2S. The highest BCUT2D eigenvalue weighted by Crippen LogP contribution is 2.24. The smallest absolute Gasteiger partial charge is 0.328 e. The minimum absolute atomic E-state index is 0.599. The minimum atomic E-state index is -0.925. The van der Waals surface area contributed by atoms with Crippen LogP contribution in [0.4, 0.5) is 0 Å². The van der Waals surface area contributed by atoms with Crippen molar-refractivity contribution in [1.29, 1.82) is 0 Å². The zero-order chi connectivity index (χ0) is 10.4. The number of carboxylic acid groups (broad SMARTS) is 1. The van der Waals surface area contributed by atoms with Crippen LogP contribution in [-0.2, 0) is 4.79 Å². The van der Waals surface area contributed by atoms with Gasteiger partial charge in [-0.2, -0.15) is 0 Å². The molecule has 0 saturated heterocycles. The summed E-state index contributed by atoms with van der Waals surface area (Å²) in [6.07, 6.45) is 4.42. The molecule has 14 heavy (non-hydrogen) atoms. The number of halogens is 1. The van der Waals surface area contributed by atoms with Crippen LogP contribution in [0, 0.1) is 0 Å². The van der Waals surface area contributed by atoms with Gasteiger partial charge >= 0.3 is 5.97 Å². The average Bonchev–Trinajstić information content (AvgIpc) is 2.15. The third kappa shape index (κ3) is 3.93. The minimum Gasteiger partial charge on any atom is -0.478 e. The lowest BCUT2D eigenvalue weighted by Gasteiger charge is -1.98. The number of pyridine rings is 1. The van der Waals surface area contributed by atoms with Gasteiger partial charge in [0, 0.05) is 22.5 Å². The first-order valence-electron chi connectivity index (χ1n) is 3.83. The van der Waals surface area contributed by atoms with Gasteiger partial charge in [-0.15, -0.1) is 11.8 Å². The fourth-order valence-electron chi connectivity index (χ4n) is 0.753. The topological polar surface area (TPSA) is 50.2 Å². The molecule has 0 saturated carbocycles. The maximum absolute atomic E-state index is 10.2. The molecule has 1 heterocycles. The number of carboxylic acids is 1. The summed E-state index contributed by atoms with van der Waals surface area (Å²) in [5.41, 5.74) is 0. The van der Waals surface area contributed by atoms with Gasteiger partial charge in [0.2, 0.25) is 0 Å². The lowest BCUT2D eigenvalue weighted by molar-refractivity contribution is -0.131. The monoisotopic (exact) mass is 273 g/mol. The van der Waals surface area contributed by atoms with E-state index in [0.717, 1.165) is 15.6 Å². The summed E-state index contributed by atoms with van der Waals surface area (Å²) in [6.45, 7) is 0. The van der Waals surface area contributed by atoms with Crippen LogP contribution in [0.3, 0.4) is 0 Å². The van der Waals surface area contributed by atoms with Gasteiger partial charge in [-0.05, 0) is 28.1 Å². The summed E-state index contributed by atoms with van der Waals surface area (Å²) in [4.78, 5) is 14.3. The summed E-state index contributed by atoms with van der Waals surface area (Å²) < 4.78 is 0.925. The standard InChI is InChI=1S/C9H8BrNO2S/c10-7-3-1-5-11-9(7)14-6-2-4-8(12)13/h1-5H,6H2,(H,12,13)/b4-2+. The van der Waals surface area contributed by atoms with E-state index in [0.29, 0.717) is 5.75 Å². The molecule has 0 fully saturated rings. The predicted molar refractivity (Wildman–Crippen MR) is 59.4 cm³/mol. The predicted octanol–water partition coefficient (Wildman–Crippen LogP) is 2.58. The van der Waals surface area contributed by atoms with Gasteiger partial charge in [0.05, 0.1) is 0 Å². The highest BCUT2D eigenvalue weighted by atomic mass is 79.9. The zero-order valence-electron chi connectivity index (χ0n) is 7.18. The molecule has 0 bridgehead atoms. The largest absolute Gasteiger partial charge is 0.478 e. The third-order valence-electron chi connectivity index (χ3n) is 1.30. The molecule has 0 radical (unpaired) electrons. The van der Waals surface area contributed by atoms with Crippen LogP contribution in [0.5, 0.6) is 0 Å². The van der Waals surface area contributed by atoms with E-state index in [1.54, 1.807) is 12.3 Å². The van der Waals surface area contributed by atoms with Crippen LogP contribution in [0.1, 0.15) is 0 Å². The first-order chi connectivity index (χ1) is 6.70. The Morgan fingerprint density at radius 3 is 3.14 bits per heavy atom. The molecule has 0 atom stereocenters. The van der Waals surface area contributed by atoms with E-state index in [2.05, 4.69) is 20.9 Å². The third-order valence-corrected chi connectivity index (χ3v) is 3.16. The van der Waals surface area contributed by atoms with Crippen molar-refractivity contribution in [3.63, 3.8) is 0 Å². The van der Waals surface area contributed by atoms with Crippen molar-refractivity contribution in [2.75, 3.05) is 5.75 Å². The van der Waals surface area contributed by atoms with E-state index >= 15 is 0 Å². The maximum Gasteiger partial charge on any atom is 0.328 e. The molecule has 1 rings (SSSR count). The summed E-state index contributed by atoms with van der Waals surface area (Å²) in [5, 5.41) is 9.21. The number of carbonyl (C=O) groups is 1. The fourth-order valence-corrected chi connectivity index (χ4v) is 2.04. The number of aromatic nitrogens is 1. The molecule has 0 aliphatic carbocycles. The Morgan fingerprint density at radius 2 is 2.50 bits per heavy atom. The van der Waals surface area contributed by atoms with E-state index in [1.807, 2.05) is 12.1 Å². The van der Waals surface area contributed by atoms with Gasteiger partial charge < -0.3 is 5.11 Å². The van der Waals surface area contributed by atoms with Crippen LogP contribution < -0.4 is 0 Å². The molecule has 0 aromatic carbocycles. The van der Waals surface area contributed by atoms with Crippen molar-refractivity contribution in [3.05, 3.63) is 35.0 Å². The van der Waals surface area contributed by atoms with Crippen molar-refractivity contribution in [3.8, 4) is 0 Å². The fraction of sp³-hybridized carbons (Fsp3) is 0.111. The second-order valence-electron chi connectivity index (χ2n) is 2.34. The molecule has 1 aromatic rings. The Bertz CT molecular complexity index is 354. The lowest BCUT2D eigenvalue weighted by atomic mass is 10.5. The molecule has 0 aliphatic heterocycles. The van der Waals surface area contributed by atoms with Crippen molar-refractivity contribution < 1.29 is 9.90 Å². The number of aliphatic carboxylic acids is 1. The molecule has 74 valence electrons. The van der Waals surface area contributed by atoms with Crippen molar-refractivity contribution in [1.82, 2.24) is 4.98 Å². The van der Waals surface area contributed by atoms with E-state index in [9.17, 15) is 4.79 Å². The summed E-state index contributed by atoms with van der Waals surface area (Å²) in [5.74, 6) is -0.326.